The summed E-state index contributed by atoms with van der Waals surface area (Å²) < 4.78 is 0. The molecule has 2 rings (SSSR count). The number of rotatable bonds is 2. The van der Waals surface area contributed by atoms with Gasteiger partial charge in [0, 0.05) is 25.5 Å². The maximum atomic E-state index is 11.3. The van der Waals surface area contributed by atoms with Crippen molar-refractivity contribution in [3.05, 3.63) is 24.3 Å². The van der Waals surface area contributed by atoms with Crippen LogP contribution in [-0.4, -0.2) is 34.1 Å². The van der Waals surface area contributed by atoms with Crippen LogP contribution >= 0.6 is 0 Å². The van der Waals surface area contributed by atoms with E-state index in [1.165, 1.54) is 18.6 Å². The van der Waals surface area contributed by atoms with Gasteiger partial charge in [-0.25, -0.2) is 9.78 Å². The lowest BCUT2D eigenvalue weighted by molar-refractivity contribution is -0.147. The summed E-state index contributed by atoms with van der Waals surface area (Å²) in [4.78, 5) is 23.8. The summed E-state index contributed by atoms with van der Waals surface area (Å²) in [5, 5.41) is 1.61. The third-order valence-corrected chi connectivity index (χ3v) is 1.80. The second-order valence-electron chi connectivity index (χ2n) is 2.75. The Morgan fingerprint density at radius 2 is 2.31 bits per heavy atom. The van der Waals surface area contributed by atoms with Crippen molar-refractivity contribution < 1.29 is 9.63 Å². The summed E-state index contributed by atoms with van der Waals surface area (Å²) in [5.41, 5.74) is 0.245. The molecule has 1 aromatic heterocycles. The maximum absolute atomic E-state index is 11.3. The van der Waals surface area contributed by atoms with Crippen LogP contribution < -0.4 is 0 Å². The Bertz CT molecular complexity index is 298. The van der Waals surface area contributed by atoms with Crippen LogP contribution in [0.2, 0.25) is 0 Å². The van der Waals surface area contributed by atoms with Crippen LogP contribution in [-0.2, 0) is 4.84 Å². The molecule has 0 N–H and O–H groups in total. The van der Waals surface area contributed by atoms with Gasteiger partial charge >= 0.3 is 5.97 Å². The summed E-state index contributed by atoms with van der Waals surface area (Å²) in [7, 11) is 0. The van der Waals surface area contributed by atoms with Crippen LogP contribution in [0, 0.1) is 0 Å². The van der Waals surface area contributed by atoms with Gasteiger partial charge in [0.1, 0.15) is 0 Å². The molecule has 2 heterocycles. The molecule has 5 nitrogen and oxygen atoms in total. The van der Waals surface area contributed by atoms with E-state index in [-0.39, 0.29) is 5.69 Å². The second kappa shape index (κ2) is 3.49. The molecule has 0 aliphatic carbocycles. The van der Waals surface area contributed by atoms with E-state index in [2.05, 4.69) is 9.97 Å². The largest absolute Gasteiger partial charge is 0.377 e. The monoisotopic (exact) mass is 179 g/mol. The predicted molar refractivity (Wildman–Crippen MR) is 43.6 cm³/mol. The fourth-order valence-electron chi connectivity index (χ4n) is 0.947. The molecule has 0 radical (unpaired) electrons. The molecule has 1 aliphatic heterocycles. The fourth-order valence-corrected chi connectivity index (χ4v) is 0.947. The Morgan fingerprint density at radius 1 is 1.46 bits per heavy atom. The van der Waals surface area contributed by atoms with E-state index < -0.39 is 5.97 Å². The van der Waals surface area contributed by atoms with Gasteiger partial charge < -0.3 is 4.84 Å². The predicted octanol–water partition coefficient (Wildman–Crippen LogP) is 0.254. The van der Waals surface area contributed by atoms with Crippen LogP contribution in [0.25, 0.3) is 0 Å². The molecule has 0 aromatic carbocycles. The molecular formula is C8H9N3O2. The third kappa shape index (κ3) is 1.81. The quantitative estimate of drug-likeness (QED) is 0.651. The smallest absolute Gasteiger partial charge is 0.363 e. The van der Waals surface area contributed by atoms with Crippen molar-refractivity contribution in [2.24, 2.45) is 0 Å². The number of hydroxylamine groups is 2. The van der Waals surface area contributed by atoms with Gasteiger partial charge in [-0.15, -0.1) is 5.06 Å². The molecular weight excluding hydrogens is 170 g/mol. The summed E-state index contributed by atoms with van der Waals surface area (Å²) >= 11 is 0. The van der Waals surface area contributed by atoms with E-state index in [0.29, 0.717) is 0 Å². The standard InChI is InChI=1S/C8H9N3O2/c12-8(13-11-4-1-5-11)7-6-9-2-3-10-7/h2-3,6H,1,4-5H2. The minimum Gasteiger partial charge on any atom is -0.363 e. The van der Waals surface area contributed by atoms with E-state index >= 15 is 0 Å². The molecule has 0 spiro atoms. The molecule has 0 saturated carbocycles. The molecule has 0 bridgehead atoms. The Morgan fingerprint density at radius 3 is 2.85 bits per heavy atom. The highest BCUT2D eigenvalue weighted by molar-refractivity contribution is 5.86. The Kier molecular flexibility index (Phi) is 2.18. The first-order chi connectivity index (χ1) is 6.36. The van der Waals surface area contributed by atoms with Gasteiger partial charge in [0.15, 0.2) is 5.69 Å². The molecule has 1 saturated heterocycles. The van der Waals surface area contributed by atoms with Crippen LogP contribution in [0.15, 0.2) is 18.6 Å². The molecule has 0 atom stereocenters. The fraction of sp³-hybridized carbons (Fsp3) is 0.375. The molecule has 5 heteroatoms. The zero-order valence-electron chi connectivity index (χ0n) is 7.01. The van der Waals surface area contributed by atoms with Crippen molar-refractivity contribution in [2.45, 2.75) is 6.42 Å². The first-order valence-electron chi connectivity index (χ1n) is 4.09. The highest BCUT2D eigenvalue weighted by Gasteiger charge is 2.20. The normalized spacial score (nSPS) is 16.3. The first kappa shape index (κ1) is 8.12. The summed E-state index contributed by atoms with van der Waals surface area (Å²) in [5.74, 6) is -0.437. The average molecular weight is 179 g/mol. The van der Waals surface area contributed by atoms with Crippen molar-refractivity contribution in [1.82, 2.24) is 15.0 Å². The number of nitrogens with zero attached hydrogens (tertiary/aromatic N) is 3. The van der Waals surface area contributed by atoms with Gasteiger partial charge in [-0.1, -0.05) is 0 Å². The van der Waals surface area contributed by atoms with Gasteiger partial charge in [0.2, 0.25) is 0 Å². The molecule has 13 heavy (non-hydrogen) atoms. The van der Waals surface area contributed by atoms with Crippen LogP contribution in [0.4, 0.5) is 0 Å². The van der Waals surface area contributed by atoms with E-state index in [1.54, 1.807) is 5.06 Å². The van der Waals surface area contributed by atoms with Crippen molar-refractivity contribution in [3.8, 4) is 0 Å². The Hall–Kier alpha value is -1.49. The minimum atomic E-state index is -0.437. The number of carbonyl (C=O) groups excluding carboxylic acids is 1. The van der Waals surface area contributed by atoms with Crippen molar-refractivity contribution in [3.63, 3.8) is 0 Å². The van der Waals surface area contributed by atoms with Gasteiger partial charge in [-0.05, 0) is 6.42 Å². The molecule has 0 amide bonds. The van der Waals surface area contributed by atoms with Gasteiger partial charge in [-0.3, -0.25) is 4.98 Å². The molecule has 1 fully saturated rings. The number of hydrogen-bond donors (Lipinski definition) is 0. The molecule has 68 valence electrons. The Balaban J connectivity index is 1.97. The van der Waals surface area contributed by atoms with E-state index in [9.17, 15) is 4.79 Å². The molecule has 1 aliphatic rings. The number of aromatic nitrogens is 2. The van der Waals surface area contributed by atoms with Crippen molar-refractivity contribution in [1.29, 1.82) is 0 Å². The summed E-state index contributed by atoms with van der Waals surface area (Å²) in [6.45, 7) is 1.62. The van der Waals surface area contributed by atoms with Crippen molar-refractivity contribution >= 4 is 5.97 Å². The molecule has 1 aromatic rings. The Labute approximate surface area is 75.3 Å². The van der Waals surface area contributed by atoms with Gasteiger partial charge in [0.25, 0.3) is 0 Å². The zero-order chi connectivity index (χ0) is 9.10. The third-order valence-electron chi connectivity index (χ3n) is 1.80. The van der Waals surface area contributed by atoms with Gasteiger partial charge in [-0.2, -0.15) is 0 Å². The lowest BCUT2D eigenvalue weighted by Gasteiger charge is -2.28. The second-order valence-corrected chi connectivity index (χ2v) is 2.75. The highest BCUT2D eigenvalue weighted by Crippen LogP contribution is 2.07. The van der Waals surface area contributed by atoms with Crippen LogP contribution in [0.1, 0.15) is 16.9 Å². The van der Waals surface area contributed by atoms with Crippen LogP contribution in [0.5, 0.6) is 0 Å². The van der Waals surface area contributed by atoms with Crippen molar-refractivity contribution in [2.75, 3.05) is 13.1 Å². The SMILES string of the molecule is O=C(ON1CCC1)c1cnccn1. The lowest BCUT2D eigenvalue weighted by Crippen LogP contribution is -2.39. The number of carbonyl (C=O) groups is 1. The first-order valence-corrected chi connectivity index (χ1v) is 4.09. The summed E-state index contributed by atoms with van der Waals surface area (Å²) in [6.07, 6.45) is 5.45. The minimum absolute atomic E-state index is 0.245. The van der Waals surface area contributed by atoms with Crippen LogP contribution in [0.3, 0.4) is 0 Å². The van der Waals surface area contributed by atoms with Gasteiger partial charge in [0.05, 0.1) is 6.20 Å². The maximum Gasteiger partial charge on any atom is 0.377 e. The summed E-state index contributed by atoms with van der Waals surface area (Å²) in [6, 6.07) is 0. The van der Waals surface area contributed by atoms with E-state index in [1.807, 2.05) is 0 Å². The molecule has 0 unspecified atom stereocenters. The zero-order valence-corrected chi connectivity index (χ0v) is 7.01. The highest BCUT2D eigenvalue weighted by atomic mass is 16.7. The number of hydrogen-bond acceptors (Lipinski definition) is 5. The topological polar surface area (TPSA) is 55.3 Å². The average Bonchev–Trinajstić information content (AvgIpc) is 2.12. The van der Waals surface area contributed by atoms with E-state index in [0.717, 1.165) is 19.5 Å². The van der Waals surface area contributed by atoms with E-state index in [4.69, 9.17) is 4.84 Å². The lowest BCUT2D eigenvalue weighted by atomic mass is 10.3.